The first-order valence-corrected chi connectivity index (χ1v) is 5.71. The molecule has 0 saturated carbocycles. The summed E-state index contributed by atoms with van der Waals surface area (Å²) in [5, 5.41) is 0. The number of rotatable bonds is 2. The molecular formula is C9H10O4S. The van der Waals surface area contributed by atoms with Crippen LogP contribution < -0.4 is 0 Å². The lowest BCUT2D eigenvalue weighted by molar-refractivity contribution is 0.0747. The van der Waals surface area contributed by atoms with Crippen molar-refractivity contribution in [2.75, 3.05) is 6.26 Å². The van der Waals surface area contributed by atoms with E-state index in [0.29, 0.717) is 5.56 Å². The molecule has 0 amide bonds. The normalized spacial score (nSPS) is 11.0. The molecule has 1 aromatic rings. The topological polar surface area (TPSA) is 60.4 Å². The highest BCUT2D eigenvalue weighted by molar-refractivity contribution is 7.86. The molecule has 0 aromatic heterocycles. The Kier molecular flexibility index (Phi) is 2.90. The molecule has 0 aliphatic carbocycles. The van der Waals surface area contributed by atoms with Crippen LogP contribution in [-0.2, 0) is 14.3 Å². The van der Waals surface area contributed by atoms with E-state index >= 15 is 0 Å². The quantitative estimate of drug-likeness (QED) is 0.692. The highest BCUT2D eigenvalue weighted by atomic mass is 32.2. The third-order valence-corrected chi connectivity index (χ3v) is 2.05. The van der Waals surface area contributed by atoms with Gasteiger partial charge in [-0.1, -0.05) is 18.2 Å². The van der Waals surface area contributed by atoms with Crippen LogP contribution in [0.15, 0.2) is 24.3 Å². The van der Waals surface area contributed by atoms with Gasteiger partial charge in [0, 0.05) is 0 Å². The molecule has 0 atom stereocenters. The molecule has 0 bridgehead atoms. The summed E-state index contributed by atoms with van der Waals surface area (Å²) < 4.78 is 25.6. The molecule has 0 unspecified atom stereocenters. The number of hydrogen-bond donors (Lipinski definition) is 0. The van der Waals surface area contributed by atoms with Crippen LogP contribution in [0.1, 0.15) is 15.9 Å². The maximum atomic E-state index is 11.3. The Morgan fingerprint density at radius 3 is 2.36 bits per heavy atom. The minimum Gasteiger partial charge on any atom is -0.341 e. The Hall–Kier alpha value is -1.36. The molecule has 0 heterocycles. The summed E-state index contributed by atoms with van der Waals surface area (Å²) in [6.45, 7) is 1.71. The Bertz CT molecular complexity index is 448. The SMILES string of the molecule is Cc1ccccc1C(=O)OS(C)(=O)=O. The smallest absolute Gasteiger partial charge is 0.341 e. The van der Waals surface area contributed by atoms with Crippen LogP contribution >= 0.6 is 0 Å². The Balaban J connectivity index is 2.97. The maximum absolute atomic E-state index is 11.3. The second-order valence-electron chi connectivity index (χ2n) is 2.89. The number of carbonyl (C=O) groups excluding carboxylic acids is 1. The summed E-state index contributed by atoms with van der Waals surface area (Å²) in [5.41, 5.74) is 0.944. The Morgan fingerprint density at radius 2 is 1.86 bits per heavy atom. The molecule has 0 aliphatic heterocycles. The van der Waals surface area contributed by atoms with Crippen LogP contribution in [0, 0.1) is 6.92 Å². The second kappa shape index (κ2) is 3.79. The lowest BCUT2D eigenvalue weighted by atomic mass is 10.1. The average molecular weight is 214 g/mol. The van der Waals surface area contributed by atoms with Gasteiger partial charge in [-0.25, -0.2) is 4.79 Å². The van der Waals surface area contributed by atoms with Gasteiger partial charge in [0.2, 0.25) is 0 Å². The van der Waals surface area contributed by atoms with E-state index in [4.69, 9.17) is 0 Å². The monoisotopic (exact) mass is 214 g/mol. The molecule has 1 rings (SSSR count). The van der Waals surface area contributed by atoms with Crippen molar-refractivity contribution in [2.45, 2.75) is 6.92 Å². The van der Waals surface area contributed by atoms with E-state index in [9.17, 15) is 13.2 Å². The fourth-order valence-electron chi connectivity index (χ4n) is 0.984. The van der Waals surface area contributed by atoms with Crippen molar-refractivity contribution in [3.63, 3.8) is 0 Å². The summed E-state index contributed by atoms with van der Waals surface area (Å²) in [6.07, 6.45) is 0.836. The van der Waals surface area contributed by atoms with Crippen molar-refractivity contribution < 1.29 is 17.4 Å². The van der Waals surface area contributed by atoms with E-state index in [1.54, 1.807) is 25.1 Å². The van der Waals surface area contributed by atoms with E-state index in [1.807, 2.05) is 0 Å². The van der Waals surface area contributed by atoms with Crippen molar-refractivity contribution in [3.05, 3.63) is 35.4 Å². The first-order chi connectivity index (χ1) is 6.40. The van der Waals surface area contributed by atoms with Crippen LogP contribution in [0.2, 0.25) is 0 Å². The predicted octanol–water partition coefficient (Wildman–Crippen LogP) is 1.11. The van der Waals surface area contributed by atoms with Gasteiger partial charge >= 0.3 is 16.1 Å². The molecule has 0 aliphatic rings. The minimum atomic E-state index is -3.74. The highest BCUT2D eigenvalue weighted by Gasteiger charge is 2.14. The molecule has 0 spiro atoms. The number of aryl methyl sites for hydroxylation is 1. The predicted molar refractivity (Wildman–Crippen MR) is 51.4 cm³/mol. The third-order valence-electron chi connectivity index (χ3n) is 1.59. The fraction of sp³-hybridized carbons (Fsp3) is 0.222. The summed E-state index contributed by atoms with van der Waals surface area (Å²) in [4.78, 5) is 11.3. The van der Waals surface area contributed by atoms with Gasteiger partial charge in [0.15, 0.2) is 0 Å². The van der Waals surface area contributed by atoms with Crippen molar-refractivity contribution in [2.24, 2.45) is 0 Å². The zero-order valence-electron chi connectivity index (χ0n) is 7.85. The van der Waals surface area contributed by atoms with Crippen LogP contribution in [0.3, 0.4) is 0 Å². The Labute approximate surface area is 82.6 Å². The van der Waals surface area contributed by atoms with E-state index in [2.05, 4.69) is 4.18 Å². The van der Waals surface area contributed by atoms with Gasteiger partial charge in [0.1, 0.15) is 0 Å². The van der Waals surface area contributed by atoms with Gasteiger partial charge in [-0.2, -0.15) is 8.42 Å². The Morgan fingerprint density at radius 1 is 1.29 bits per heavy atom. The van der Waals surface area contributed by atoms with Crippen LogP contribution in [0.4, 0.5) is 0 Å². The van der Waals surface area contributed by atoms with E-state index in [1.165, 1.54) is 6.07 Å². The maximum Gasteiger partial charge on any atom is 0.354 e. The molecule has 4 nitrogen and oxygen atoms in total. The van der Waals surface area contributed by atoms with Crippen molar-refractivity contribution in [1.29, 1.82) is 0 Å². The second-order valence-corrected chi connectivity index (χ2v) is 4.46. The number of carbonyl (C=O) groups is 1. The molecule has 14 heavy (non-hydrogen) atoms. The van der Waals surface area contributed by atoms with Crippen LogP contribution in [0.5, 0.6) is 0 Å². The van der Waals surface area contributed by atoms with Crippen LogP contribution in [-0.4, -0.2) is 20.6 Å². The van der Waals surface area contributed by atoms with E-state index < -0.39 is 16.1 Å². The molecule has 0 fully saturated rings. The first-order valence-electron chi connectivity index (χ1n) is 3.89. The van der Waals surface area contributed by atoms with Gasteiger partial charge in [-0.15, -0.1) is 0 Å². The molecular weight excluding hydrogens is 204 g/mol. The van der Waals surface area contributed by atoms with Crippen molar-refractivity contribution >= 4 is 16.1 Å². The molecule has 76 valence electrons. The third kappa shape index (κ3) is 2.85. The van der Waals surface area contributed by atoms with E-state index in [0.717, 1.165) is 6.26 Å². The molecule has 5 heteroatoms. The van der Waals surface area contributed by atoms with Crippen molar-refractivity contribution in [3.8, 4) is 0 Å². The summed E-state index contributed by atoms with van der Waals surface area (Å²) in [7, 11) is -3.74. The van der Waals surface area contributed by atoms with Gasteiger partial charge in [0.25, 0.3) is 0 Å². The molecule has 0 saturated heterocycles. The number of benzene rings is 1. The van der Waals surface area contributed by atoms with Gasteiger partial charge < -0.3 is 4.18 Å². The lowest BCUT2D eigenvalue weighted by Crippen LogP contribution is -2.12. The average Bonchev–Trinajstić information content (AvgIpc) is 2.01. The summed E-state index contributed by atoms with van der Waals surface area (Å²) in [5.74, 6) is -0.842. The summed E-state index contributed by atoms with van der Waals surface area (Å²) in [6, 6.07) is 6.63. The van der Waals surface area contributed by atoms with Gasteiger partial charge in [0.05, 0.1) is 11.8 Å². The van der Waals surface area contributed by atoms with E-state index in [-0.39, 0.29) is 5.56 Å². The number of hydrogen-bond acceptors (Lipinski definition) is 4. The highest BCUT2D eigenvalue weighted by Crippen LogP contribution is 2.09. The standard InChI is InChI=1S/C9H10O4S/c1-7-5-3-4-6-8(7)9(10)13-14(2,11)12/h3-6H,1-2H3. The van der Waals surface area contributed by atoms with Crippen LogP contribution in [0.25, 0.3) is 0 Å². The van der Waals surface area contributed by atoms with Crippen molar-refractivity contribution in [1.82, 2.24) is 0 Å². The zero-order valence-corrected chi connectivity index (χ0v) is 8.67. The van der Waals surface area contributed by atoms with Gasteiger partial charge in [-0.05, 0) is 18.6 Å². The first kappa shape index (κ1) is 10.7. The summed E-state index contributed by atoms with van der Waals surface area (Å²) >= 11 is 0. The fourth-order valence-corrected chi connectivity index (χ4v) is 1.35. The molecule has 0 radical (unpaired) electrons. The zero-order chi connectivity index (χ0) is 10.8. The lowest BCUT2D eigenvalue weighted by Gasteiger charge is -2.03. The minimum absolute atomic E-state index is 0.262. The molecule has 1 aromatic carbocycles. The molecule has 0 N–H and O–H groups in total. The largest absolute Gasteiger partial charge is 0.354 e. The van der Waals surface area contributed by atoms with Gasteiger partial charge in [-0.3, -0.25) is 0 Å².